The number of allylic oxidation sites excluding steroid dienone is 1. The molecule has 166 valence electrons. The monoisotopic (exact) mass is 438 g/mol. The molecule has 0 amide bonds. The van der Waals surface area contributed by atoms with Crippen LogP contribution in [-0.2, 0) is 17.6 Å². The van der Waals surface area contributed by atoms with Crippen LogP contribution in [0.25, 0.3) is 0 Å². The average molecular weight is 438 g/mol. The van der Waals surface area contributed by atoms with Crippen molar-refractivity contribution in [1.82, 2.24) is 10.2 Å². The highest BCUT2D eigenvalue weighted by Crippen LogP contribution is 2.28. The highest BCUT2D eigenvalue weighted by molar-refractivity contribution is 5.99. The minimum absolute atomic E-state index is 0.0274. The number of hydrogen-bond acceptors (Lipinski definition) is 3. The first-order chi connectivity index (χ1) is 14.7. The Morgan fingerprint density at radius 1 is 0.935 bits per heavy atom. The van der Waals surface area contributed by atoms with Crippen molar-refractivity contribution in [3.8, 4) is 0 Å². The zero-order valence-corrected chi connectivity index (χ0v) is 16.8. The van der Waals surface area contributed by atoms with Gasteiger partial charge >= 0.3 is 6.18 Å². The van der Waals surface area contributed by atoms with Crippen LogP contribution in [0.5, 0.6) is 0 Å². The number of halogens is 5. The third kappa shape index (κ3) is 6.62. The number of Topliss-reactive ketones (excluding diaryl/α,β-unsaturated/α-hetero) is 1. The quantitative estimate of drug-likeness (QED) is 0.603. The molecule has 0 spiro atoms. The Labute approximate surface area is 177 Å². The van der Waals surface area contributed by atoms with Gasteiger partial charge in [-0.15, -0.1) is 0 Å². The highest BCUT2D eigenvalue weighted by atomic mass is 19.4. The van der Waals surface area contributed by atoms with Crippen LogP contribution in [0, 0.1) is 11.6 Å². The second-order valence-electron chi connectivity index (χ2n) is 7.48. The summed E-state index contributed by atoms with van der Waals surface area (Å²) >= 11 is 0. The minimum atomic E-state index is -4.91. The van der Waals surface area contributed by atoms with Gasteiger partial charge in [0.05, 0.1) is 6.17 Å². The van der Waals surface area contributed by atoms with E-state index in [4.69, 9.17) is 0 Å². The van der Waals surface area contributed by atoms with E-state index in [-0.39, 0.29) is 29.8 Å². The van der Waals surface area contributed by atoms with E-state index >= 15 is 0 Å². The van der Waals surface area contributed by atoms with Gasteiger partial charge in [0, 0.05) is 24.9 Å². The van der Waals surface area contributed by atoms with Crippen LogP contribution in [0.1, 0.15) is 24.0 Å². The van der Waals surface area contributed by atoms with E-state index in [0.29, 0.717) is 32.4 Å². The normalized spacial score (nSPS) is 16.9. The summed E-state index contributed by atoms with van der Waals surface area (Å²) in [6, 6.07) is 12.0. The van der Waals surface area contributed by atoms with Gasteiger partial charge in [-0.3, -0.25) is 10.1 Å². The lowest BCUT2D eigenvalue weighted by Gasteiger charge is -2.36. The van der Waals surface area contributed by atoms with Gasteiger partial charge in [0.2, 0.25) is 0 Å². The molecule has 3 rings (SSSR count). The second kappa shape index (κ2) is 10.0. The molecule has 0 saturated carbocycles. The third-order valence-corrected chi connectivity index (χ3v) is 5.24. The molecule has 1 heterocycles. The fourth-order valence-corrected chi connectivity index (χ4v) is 3.55. The van der Waals surface area contributed by atoms with Crippen molar-refractivity contribution in [3.05, 3.63) is 83.1 Å². The maximum absolute atomic E-state index is 13.1. The predicted octanol–water partition coefficient (Wildman–Crippen LogP) is 4.78. The first-order valence-electron chi connectivity index (χ1n) is 10.0. The number of nitrogens with zero attached hydrogens (tertiary/aromatic N) is 1. The SMILES string of the molecule is O=C(C1=CN(CCc2ccc(F)cc2)C(NCCc2ccc(F)cc2)CC1)C(F)(F)F. The van der Waals surface area contributed by atoms with Crippen molar-refractivity contribution in [3.63, 3.8) is 0 Å². The molecular formula is C23H23F5N2O. The van der Waals surface area contributed by atoms with Gasteiger partial charge in [-0.1, -0.05) is 24.3 Å². The summed E-state index contributed by atoms with van der Waals surface area (Å²) in [4.78, 5) is 13.4. The van der Waals surface area contributed by atoms with E-state index in [1.54, 1.807) is 29.2 Å². The number of ketones is 1. The van der Waals surface area contributed by atoms with Gasteiger partial charge in [0.1, 0.15) is 11.6 Å². The van der Waals surface area contributed by atoms with Crippen LogP contribution in [0.15, 0.2) is 60.3 Å². The fourth-order valence-electron chi connectivity index (χ4n) is 3.55. The smallest absolute Gasteiger partial charge is 0.361 e. The Balaban J connectivity index is 1.66. The van der Waals surface area contributed by atoms with Crippen molar-refractivity contribution < 1.29 is 26.7 Å². The maximum atomic E-state index is 13.1. The Morgan fingerprint density at radius 2 is 1.48 bits per heavy atom. The Morgan fingerprint density at radius 3 is 2.03 bits per heavy atom. The number of hydrogen-bond donors (Lipinski definition) is 1. The van der Waals surface area contributed by atoms with Crippen LogP contribution in [-0.4, -0.2) is 36.1 Å². The number of carbonyl (C=O) groups is 1. The molecule has 1 N–H and O–H groups in total. The summed E-state index contributed by atoms with van der Waals surface area (Å²) in [5.41, 5.74) is 1.52. The summed E-state index contributed by atoms with van der Waals surface area (Å²) in [6.45, 7) is 0.911. The number of alkyl halides is 3. The van der Waals surface area contributed by atoms with Gasteiger partial charge in [-0.05, 0) is 61.1 Å². The molecule has 1 aliphatic rings. The number of benzene rings is 2. The van der Waals surface area contributed by atoms with Crippen molar-refractivity contribution in [2.45, 2.75) is 38.0 Å². The third-order valence-electron chi connectivity index (χ3n) is 5.24. The largest absolute Gasteiger partial charge is 0.454 e. The van der Waals surface area contributed by atoms with E-state index in [9.17, 15) is 26.7 Å². The molecule has 2 aromatic carbocycles. The molecule has 0 bridgehead atoms. The lowest BCUT2D eigenvalue weighted by molar-refractivity contribution is -0.167. The molecule has 3 nitrogen and oxygen atoms in total. The summed E-state index contributed by atoms with van der Waals surface area (Å²) < 4.78 is 64.8. The summed E-state index contributed by atoms with van der Waals surface area (Å²) in [5.74, 6) is -2.49. The van der Waals surface area contributed by atoms with Crippen molar-refractivity contribution in [2.24, 2.45) is 0 Å². The first-order valence-corrected chi connectivity index (χ1v) is 10.0. The van der Waals surface area contributed by atoms with Crippen molar-refractivity contribution in [1.29, 1.82) is 0 Å². The Bertz CT molecular complexity index is 907. The van der Waals surface area contributed by atoms with Crippen LogP contribution < -0.4 is 5.32 Å². The Kier molecular flexibility index (Phi) is 7.43. The van der Waals surface area contributed by atoms with Crippen molar-refractivity contribution >= 4 is 5.78 Å². The minimum Gasteiger partial charge on any atom is -0.361 e. The molecule has 1 aliphatic heterocycles. The molecular weight excluding hydrogens is 415 g/mol. The molecule has 2 aromatic rings. The number of rotatable bonds is 8. The zero-order chi connectivity index (χ0) is 22.4. The lowest BCUT2D eigenvalue weighted by Crippen LogP contribution is -2.47. The fraction of sp³-hybridized carbons (Fsp3) is 0.348. The van der Waals surface area contributed by atoms with Crippen LogP contribution in [0.4, 0.5) is 22.0 Å². The van der Waals surface area contributed by atoms with E-state index in [0.717, 1.165) is 11.1 Å². The van der Waals surface area contributed by atoms with Gasteiger partial charge in [0.15, 0.2) is 0 Å². The van der Waals surface area contributed by atoms with Gasteiger partial charge in [0.25, 0.3) is 5.78 Å². The molecule has 0 saturated heterocycles. The standard InChI is InChI=1S/C23H23F5N2O/c24-19-6-1-16(2-7-19)11-13-29-21-10-5-18(22(31)23(26,27)28)15-30(21)14-12-17-3-8-20(25)9-4-17/h1-4,6-9,15,21,29H,5,10-14H2. The van der Waals surface area contributed by atoms with Gasteiger partial charge in [-0.2, -0.15) is 13.2 Å². The second-order valence-corrected chi connectivity index (χ2v) is 7.48. The summed E-state index contributed by atoms with van der Waals surface area (Å²) in [7, 11) is 0. The van der Waals surface area contributed by atoms with Gasteiger partial charge in [-0.25, -0.2) is 8.78 Å². The van der Waals surface area contributed by atoms with Crippen molar-refractivity contribution in [2.75, 3.05) is 13.1 Å². The first kappa shape index (κ1) is 22.9. The van der Waals surface area contributed by atoms with Crippen LogP contribution >= 0.6 is 0 Å². The highest BCUT2D eigenvalue weighted by Gasteiger charge is 2.41. The summed E-state index contributed by atoms with van der Waals surface area (Å²) in [5, 5.41) is 3.31. The molecule has 0 aliphatic carbocycles. The molecule has 31 heavy (non-hydrogen) atoms. The van der Waals surface area contributed by atoms with E-state index in [2.05, 4.69) is 5.32 Å². The molecule has 8 heteroatoms. The maximum Gasteiger partial charge on any atom is 0.454 e. The number of carbonyl (C=O) groups excluding carboxylic acids is 1. The molecule has 0 fully saturated rings. The predicted molar refractivity (Wildman–Crippen MR) is 107 cm³/mol. The molecule has 0 radical (unpaired) electrons. The van der Waals surface area contributed by atoms with E-state index in [1.165, 1.54) is 30.5 Å². The average Bonchev–Trinajstić information content (AvgIpc) is 2.74. The van der Waals surface area contributed by atoms with E-state index < -0.39 is 12.0 Å². The Hall–Kier alpha value is -2.74. The van der Waals surface area contributed by atoms with Gasteiger partial charge < -0.3 is 4.90 Å². The molecule has 1 atom stereocenters. The van der Waals surface area contributed by atoms with Crippen LogP contribution in [0.3, 0.4) is 0 Å². The molecule has 0 aromatic heterocycles. The number of nitrogens with one attached hydrogen (secondary N) is 1. The van der Waals surface area contributed by atoms with E-state index in [1.807, 2.05) is 0 Å². The zero-order valence-electron chi connectivity index (χ0n) is 16.8. The molecule has 1 unspecified atom stereocenters. The van der Waals surface area contributed by atoms with Crippen LogP contribution in [0.2, 0.25) is 0 Å². The topological polar surface area (TPSA) is 32.3 Å². The summed E-state index contributed by atoms with van der Waals surface area (Å²) in [6.07, 6.45) is -2.37. The lowest BCUT2D eigenvalue weighted by atomic mass is 10.00.